The van der Waals surface area contributed by atoms with Crippen molar-refractivity contribution in [2.75, 3.05) is 18.1 Å². The number of hydrogen-bond donors (Lipinski definition) is 1. The van der Waals surface area contributed by atoms with Crippen molar-refractivity contribution >= 4 is 15.7 Å². The molecular formula is C9H18N2O2S. The molecule has 5 heteroatoms. The highest BCUT2D eigenvalue weighted by atomic mass is 32.2. The van der Waals surface area contributed by atoms with Gasteiger partial charge in [-0.2, -0.15) is 0 Å². The Morgan fingerprint density at radius 3 is 2.50 bits per heavy atom. The zero-order valence-corrected chi connectivity index (χ0v) is 9.76. The summed E-state index contributed by atoms with van der Waals surface area (Å²) in [5.74, 6) is 1.08. The lowest BCUT2D eigenvalue weighted by Gasteiger charge is -2.36. The fraction of sp³-hybridized carbons (Fsp3) is 0.889. The maximum absolute atomic E-state index is 11.3. The van der Waals surface area contributed by atoms with Crippen molar-refractivity contribution in [1.82, 2.24) is 4.90 Å². The van der Waals surface area contributed by atoms with E-state index in [-0.39, 0.29) is 23.5 Å². The molecular weight excluding hydrogens is 200 g/mol. The first-order valence-electron chi connectivity index (χ1n) is 4.89. The highest BCUT2D eigenvalue weighted by Gasteiger charge is 2.30. The van der Waals surface area contributed by atoms with Crippen LogP contribution in [0.15, 0.2) is 0 Å². The molecule has 0 spiro atoms. The molecule has 1 N–H and O–H groups in total. The summed E-state index contributed by atoms with van der Waals surface area (Å²) in [5, 5.41) is 7.83. The second-order valence-electron chi connectivity index (χ2n) is 4.20. The lowest BCUT2D eigenvalue weighted by molar-refractivity contribution is 0.336. The number of sulfone groups is 1. The molecule has 82 valence electrons. The van der Waals surface area contributed by atoms with Crippen molar-refractivity contribution < 1.29 is 8.42 Å². The first-order chi connectivity index (χ1) is 6.33. The Bertz CT molecular complexity index is 322. The maximum Gasteiger partial charge on any atom is 0.154 e. The average Bonchev–Trinajstić information content (AvgIpc) is 2.01. The van der Waals surface area contributed by atoms with E-state index in [2.05, 4.69) is 0 Å². The van der Waals surface area contributed by atoms with Gasteiger partial charge in [0.15, 0.2) is 9.84 Å². The van der Waals surface area contributed by atoms with E-state index in [1.807, 2.05) is 25.7 Å². The molecule has 1 aliphatic rings. The largest absolute Gasteiger partial charge is 0.356 e. The van der Waals surface area contributed by atoms with Crippen LogP contribution in [-0.4, -0.2) is 43.2 Å². The molecule has 0 bridgehead atoms. The summed E-state index contributed by atoms with van der Waals surface area (Å²) in [6.45, 7) is 6.25. The molecule has 0 amide bonds. The molecule has 1 fully saturated rings. The number of nitrogens with zero attached hydrogens (tertiary/aromatic N) is 1. The standard InChI is InChI=1S/C9H18N2O2S/c1-7(2)9(10)11-4-5-14(12,13)6-8(11)3/h7-8,10H,4-6H2,1-3H3. The van der Waals surface area contributed by atoms with E-state index in [1.54, 1.807) is 0 Å². The minimum Gasteiger partial charge on any atom is -0.356 e. The summed E-state index contributed by atoms with van der Waals surface area (Å²) in [5.41, 5.74) is 0. The molecule has 1 saturated heterocycles. The van der Waals surface area contributed by atoms with Crippen LogP contribution in [0.1, 0.15) is 20.8 Å². The van der Waals surface area contributed by atoms with Gasteiger partial charge < -0.3 is 4.90 Å². The normalized spacial score (nSPS) is 26.6. The van der Waals surface area contributed by atoms with Crippen LogP contribution in [0.2, 0.25) is 0 Å². The van der Waals surface area contributed by atoms with Crippen molar-refractivity contribution in [3.8, 4) is 0 Å². The van der Waals surface area contributed by atoms with Crippen LogP contribution in [0.3, 0.4) is 0 Å². The Kier molecular flexibility index (Phi) is 3.19. The predicted octanol–water partition coefficient (Wildman–Crippen LogP) is 0.739. The fourth-order valence-corrected chi connectivity index (χ4v) is 3.24. The van der Waals surface area contributed by atoms with E-state index >= 15 is 0 Å². The van der Waals surface area contributed by atoms with Crippen LogP contribution in [0.5, 0.6) is 0 Å². The third-order valence-corrected chi connectivity index (χ3v) is 4.32. The van der Waals surface area contributed by atoms with E-state index < -0.39 is 9.84 Å². The third-order valence-electron chi connectivity index (χ3n) is 2.53. The Labute approximate surface area is 85.7 Å². The first kappa shape index (κ1) is 11.5. The van der Waals surface area contributed by atoms with Gasteiger partial charge in [-0.15, -0.1) is 0 Å². The summed E-state index contributed by atoms with van der Waals surface area (Å²) in [7, 11) is -2.86. The van der Waals surface area contributed by atoms with Gasteiger partial charge in [-0.05, 0) is 6.92 Å². The summed E-state index contributed by atoms with van der Waals surface area (Å²) in [4.78, 5) is 1.89. The Morgan fingerprint density at radius 2 is 2.07 bits per heavy atom. The molecule has 1 unspecified atom stereocenters. The van der Waals surface area contributed by atoms with Gasteiger partial charge in [-0.25, -0.2) is 8.42 Å². The number of nitrogens with one attached hydrogen (secondary N) is 1. The average molecular weight is 218 g/mol. The molecule has 0 aromatic heterocycles. The van der Waals surface area contributed by atoms with Crippen LogP contribution in [0.4, 0.5) is 0 Å². The second kappa shape index (κ2) is 3.88. The van der Waals surface area contributed by atoms with Crippen molar-refractivity contribution in [2.45, 2.75) is 26.8 Å². The molecule has 0 aromatic carbocycles. The van der Waals surface area contributed by atoms with E-state index in [0.29, 0.717) is 12.4 Å². The monoisotopic (exact) mass is 218 g/mol. The minimum atomic E-state index is -2.86. The zero-order valence-electron chi connectivity index (χ0n) is 8.95. The maximum atomic E-state index is 11.3. The quantitative estimate of drug-likeness (QED) is 0.521. The van der Waals surface area contributed by atoms with Crippen LogP contribution < -0.4 is 0 Å². The fourth-order valence-electron chi connectivity index (χ4n) is 1.69. The van der Waals surface area contributed by atoms with Crippen LogP contribution >= 0.6 is 0 Å². The van der Waals surface area contributed by atoms with Gasteiger partial charge in [-0.3, -0.25) is 5.41 Å². The Hall–Kier alpha value is -0.580. The molecule has 0 saturated carbocycles. The van der Waals surface area contributed by atoms with E-state index in [1.165, 1.54) is 0 Å². The van der Waals surface area contributed by atoms with Gasteiger partial charge in [0.2, 0.25) is 0 Å². The van der Waals surface area contributed by atoms with Gasteiger partial charge in [0.05, 0.1) is 17.3 Å². The highest BCUT2D eigenvalue weighted by Crippen LogP contribution is 2.14. The van der Waals surface area contributed by atoms with Crippen LogP contribution in [-0.2, 0) is 9.84 Å². The van der Waals surface area contributed by atoms with Gasteiger partial charge in [0.1, 0.15) is 0 Å². The van der Waals surface area contributed by atoms with Crippen molar-refractivity contribution in [2.24, 2.45) is 5.92 Å². The smallest absolute Gasteiger partial charge is 0.154 e. The lowest BCUT2D eigenvalue weighted by atomic mass is 10.1. The third kappa shape index (κ3) is 2.47. The SMILES string of the molecule is CC(C)C(=N)N1CCS(=O)(=O)CC1C. The molecule has 14 heavy (non-hydrogen) atoms. The van der Waals surface area contributed by atoms with E-state index in [4.69, 9.17) is 5.41 Å². The van der Waals surface area contributed by atoms with Gasteiger partial charge >= 0.3 is 0 Å². The summed E-state index contributed by atoms with van der Waals surface area (Å²) >= 11 is 0. The van der Waals surface area contributed by atoms with Crippen LogP contribution in [0, 0.1) is 11.3 Å². The van der Waals surface area contributed by atoms with Gasteiger partial charge in [0.25, 0.3) is 0 Å². The second-order valence-corrected chi connectivity index (χ2v) is 6.43. The molecule has 0 aromatic rings. The van der Waals surface area contributed by atoms with Crippen LogP contribution in [0.25, 0.3) is 0 Å². The predicted molar refractivity (Wildman–Crippen MR) is 57.4 cm³/mol. The summed E-state index contributed by atoms with van der Waals surface area (Å²) in [6, 6.07) is -0.0522. The first-order valence-corrected chi connectivity index (χ1v) is 6.71. The topological polar surface area (TPSA) is 61.2 Å². The molecule has 1 heterocycles. The molecule has 4 nitrogen and oxygen atoms in total. The van der Waals surface area contributed by atoms with Gasteiger partial charge in [0, 0.05) is 18.5 Å². The number of amidine groups is 1. The van der Waals surface area contributed by atoms with Crippen molar-refractivity contribution in [3.63, 3.8) is 0 Å². The highest BCUT2D eigenvalue weighted by molar-refractivity contribution is 7.91. The number of hydrogen-bond acceptors (Lipinski definition) is 3. The summed E-state index contributed by atoms with van der Waals surface area (Å²) in [6.07, 6.45) is 0. The Morgan fingerprint density at radius 1 is 1.50 bits per heavy atom. The summed E-state index contributed by atoms with van der Waals surface area (Å²) < 4.78 is 22.6. The van der Waals surface area contributed by atoms with Crippen molar-refractivity contribution in [3.05, 3.63) is 0 Å². The molecule has 0 radical (unpaired) electrons. The molecule has 0 aliphatic carbocycles. The van der Waals surface area contributed by atoms with E-state index in [0.717, 1.165) is 0 Å². The van der Waals surface area contributed by atoms with E-state index in [9.17, 15) is 8.42 Å². The minimum absolute atomic E-state index is 0.0522. The molecule has 1 aliphatic heterocycles. The Balaban J connectivity index is 2.72. The lowest BCUT2D eigenvalue weighted by Crippen LogP contribution is -2.50. The number of rotatable bonds is 1. The molecule has 1 atom stereocenters. The van der Waals surface area contributed by atoms with Crippen molar-refractivity contribution in [1.29, 1.82) is 5.41 Å². The zero-order chi connectivity index (χ0) is 10.9. The van der Waals surface area contributed by atoms with Gasteiger partial charge in [-0.1, -0.05) is 13.8 Å². The molecule has 1 rings (SSSR count).